The largest absolute Gasteiger partial charge is 0.350 e. The Hall–Kier alpha value is -1.66. The first-order valence-electron chi connectivity index (χ1n) is 8.04. The number of amides is 2. The van der Waals surface area contributed by atoms with E-state index in [9.17, 15) is 14.0 Å². The predicted octanol–water partition coefficient (Wildman–Crippen LogP) is 1.98. The number of nitrogens with zero attached hydrogens (tertiary/aromatic N) is 1. The molecule has 2 amide bonds. The van der Waals surface area contributed by atoms with Crippen LogP contribution in [0.1, 0.15) is 38.2 Å². The molecule has 7 heteroatoms. The van der Waals surface area contributed by atoms with Crippen LogP contribution in [-0.2, 0) is 16.1 Å². The van der Waals surface area contributed by atoms with Crippen molar-refractivity contribution in [1.29, 1.82) is 0 Å². The van der Waals surface area contributed by atoms with Gasteiger partial charge in [-0.15, -0.1) is 12.4 Å². The van der Waals surface area contributed by atoms with E-state index in [2.05, 4.69) is 5.32 Å². The Balaban J connectivity index is 0.00000288. The molecule has 0 radical (unpaired) electrons. The number of halogens is 2. The van der Waals surface area contributed by atoms with Gasteiger partial charge in [-0.1, -0.05) is 25.0 Å². The summed E-state index contributed by atoms with van der Waals surface area (Å²) in [7, 11) is 0. The molecule has 1 saturated carbocycles. The second-order valence-electron chi connectivity index (χ2n) is 6.09. The van der Waals surface area contributed by atoms with Crippen molar-refractivity contribution < 1.29 is 14.0 Å². The molecule has 2 rings (SSSR count). The maximum absolute atomic E-state index is 12.8. The summed E-state index contributed by atoms with van der Waals surface area (Å²) in [6.07, 6.45) is 3.27. The first-order chi connectivity index (χ1) is 10.9. The minimum absolute atomic E-state index is 0. The summed E-state index contributed by atoms with van der Waals surface area (Å²) in [6.45, 7) is 2.58. The Morgan fingerprint density at radius 3 is 2.38 bits per heavy atom. The normalized spacial score (nSPS) is 15.5. The van der Waals surface area contributed by atoms with Crippen molar-refractivity contribution in [1.82, 2.24) is 10.2 Å². The number of rotatable bonds is 6. The second kappa shape index (κ2) is 8.99. The number of benzene rings is 1. The van der Waals surface area contributed by atoms with Crippen LogP contribution in [0.5, 0.6) is 0 Å². The van der Waals surface area contributed by atoms with Gasteiger partial charge in [0, 0.05) is 13.1 Å². The summed E-state index contributed by atoms with van der Waals surface area (Å²) >= 11 is 0. The van der Waals surface area contributed by atoms with Crippen molar-refractivity contribution >= 4 is 24.2 Å². The van der Waals surface area contributed by atoms with Crippen LogP contribution in [0.4, 0.5) is 4.39 Å². The van der Waals surface area contributed by atoms with Gasteiger partial charge in [0.25, 0.3) is 0 Å². The van der Waals surface area contributed by atoms with Crippen LogP contribution in [0, 0.1) is 5.82 Å². The van der Waals surface area contributed by atoms with Gasteiger partial charge < -0.3 is 16.0 Å². The molecule has 0 bridgehead atoms. The molecular formula is C17H25ClFN3O2. The molecule has 1 fully saturated rings. The Kier molecular flexibility index (Phi) is 7.63. The van der Waals surface area contributed by atoms with Crippen LogP contribution >= 0.6 is 12.4 Å². The number of carbonyl (C=O) groups is 2. The molecular weight excluding hydrogens is 333 g/mol. The summed E-state index contributed by atoms with van der Waals surface area (Å²) in [4.78, 5) is 26.1. The first-order valence-corrected chi connectivity index (χ1v) is 8.04. The molecule has 1 aromatic rings. The zero-order valence-electron chi connectivity index (χ0n) is 13.9. The molecule has 0 spiro atoms. The summed E-state index contributed by atoms with van der Waals surface area (Å²) in [5.74, 6) is -0.701. The number of hydrogen-bond acceptors (Lipinski definition) is 3. The lowest BCUT2D eigenvalue weighted by Crippen LogP contribution is -2.55. The summed E-state index contributed by atoms with van der Waals surface area (Å²) in [6, 6.07) is 5.93. The van der Waals surface area contributed by atoms with Gasteiger partial charge in [-0.05, 0) is 37.5 Å². The molecule has 24 heavy (non-hydrogen) atoms. The van der Waals surface area contributed by atoms with Gasteiger partial charge >= 0.3 is 0 Å². The van der Waals surface area contributed by atoms with Crippen LogP contribution in [0.2, 0.25) is 0 Å². The monoisotopic (exact) mass is 357 g/mol. The van der Waals surface area contributed by atoms with Gasteiger partial charge in [-0.2, -0.15) is 0 Å². The molecule has 1 aliphatic rings. The number of hydrogen-bond donors (Lipinski definition) is 2. The Morgan fingerprint density at radius 2 is 1.83 bits per heavy atom. The van der Waals surface area contributed by atoms with E-state index in [1.807, 2.05) is 6.92 Å². The summed E-state index contributed by atoms with van der Waals surface area (Å²) < 4.78 is 12.8. The smallest absolute Gasteiger partial charge is 0.243 e. The third-order valence-corrected chi connectivity index (χ3v) is 4.33. The zero-order chi connectivity index (χ0) is 16.9. The molecule has 0 unspecified atom stereocenters. The lowest BCUT2D eigenvalue weighted by atomic mass is 9.97. The quantitative estimate of drug-likeness (QED) is 0.817. The van der Waals surface area contributed by atoms with E-state index in [0.29, 0.717) is 25.9 Å². The van der Waals surface area contributed by atoms with Gasteiger partial charge in [-0.25, -0.2) is 4.39 Å². The number of likely N-dealkylation sites (N-methyl/N-ethyl adjacent to an activating group) is 1. The number of nitrogens with two attached hydrogens (primary N) is 1. The van der Waals surface area contributed by atoms with E-state index in [0.717, 1.165) is 18.4 Å². The van der Waals surface area contributed by atoms with E-state index in [1.54, 1.807) is 12.1 Å². The molecule has 0 heterocycles. The van der Waals surface area contributed by atoms with Gasteiger partial charge in [0.15, 0.2) is 0 Å². The highest BCUT2D eigenvalue weighted by atomic mass is 35.5. The predicted molar refractivity (Wildman–Crippen MR) is 93.1 cm³/mol. The zero-order valence-corrected chi connectivity index (χ0v) is 14.7. The maximum Gasteiger partial charge on any atom is 0.243 e. The SMILES string of the molecule is CCN(CC(=O)NCc1ccc(F)cc1)C(=O)C1(N)CCCC1.Cl. The highest BCUT2D eigenvalue weighted by Crippen LogP contribution is 2.28. The highest BCUT2D eigenvalue weighted by Gasteiger charge is 2.39. The van der Waals surface area contributed by atoms with E-state index in [4.69, 9.17) is 5.73 Å². The molecule has 1 aliphatic carbocycles. The van der Waals surface area contributed by atoms with E-state index < -0.39 is 5.54 Å². The fraction of sp³-hybridized carbons (Fsp3) is 0.529. The second-order valence-corrected chi connectivity index (χ2v) is 6.09. The van der Waals surface area contributed by atoms with Crippen molar-refractivity contribution in [3.63, 3.8) is 0 Å². The Labute approximate surface area is 148 Å². The minimum atomic E-state index is -0.812. The van der Waals surface area contributed by atoms with Crippen LogP contribution in [0.25, 0.3) is 0 Å². The molecule has 0 saturated heterocycles. The molecule has 134 valence electrons. The summed E-state index contributed by atoms with van der Waals surface area (Å²) in [5, 5.41) is 2.75. The first kappa shape index (κ1) is 20.4. The molecule has 0 aromatic heterocycles. The number of carbonyl (C=O) groups excluding carboxylic acids is 2. The minimum Gasteiger partial charge on any atom is -0.350 e. The van der Waals surface area contributed by atoms with Crippen molar-refractivity contribution in [2.45, 2.75) is 44.7 Å². The van der Waals surface area contributed by atoms with Gasteiger partial charge in [0.05, 0.1) is 12.1 Å². The molecule has 0 aliphatic heterocycles. The fourth-order valence-electron chi connectivity index (χ4n) is 2.89. The maximum atomic E-state index is 12.8. The third-order valence-electron chi connectivity index (χ3n) is 4.33. The van der Waals surface area contributed by atoms with Gasteiger partial charge in [-0.3, -0.25) is 9.59 Å². The molecule has 5 nitrogen and oxygen atoms in total. The Morgan fingerprint density at radius 1 is 1.25 bits per heavy atom. The van der Waals surface area contributed by atoms with Crippen molar-refractivity contribution in [2.24, 2.45) is 5.73 Å². The van der Waals surface area contributed by atoms with Crippen molar-refractivity contribution in [2.75, 3.05) is 13.1 Å². The Bertz CT molecular complexity index is 559. The lowest BCUT2D eigenvalue weighted by Gasteiger charge is -2.30. The van der Waals surface area contributed by atoms with E-state index in [-0.39, 0.29) is 36.6 Å². The average molecular weight is 358 g/mol. The molecule has 0 atom stereocenters. The lowest BCUT2D eigenvalue weighted by molar-refractivity contribution is -0.140. The van der Waals surface area contributed by atoms with Crippen LogP contribution in [0.15, 0.2) is 24.3 Å². The fourth-order valence-corrected chi connectivity index (χ4v) is 2.89. The standard InChI is InChI=1S/C17H24FN3O2.ClH/c1-2-21(16(23)17(19)9-3-4-10-17)12-15(22)20-11-13-5-7-14(18)8-6-13;/h5-8H,2-4,9-12,19H2,1H3,(H,20,22);1H. The van der Waals surface area contributed by atoms with Crippen molar-refractivity contribution in [3.05, 3.63) is 35.6 Å². The van der Waals surface area contributed by atoms with Crippen LogP contribution in [0.3, 0.4) is 0 Å². The molecule has 1 aromatic carbocycles. The van der Waals surface area contributed by atoms with Crippen LogP contribution in [-0.4, -0.2) is 35.3 Å². The molecule has 3 N–H and O–H groups in total. The van der Waals surface area contributed by atoms with Gasteiger partial charge in [0.1, 0.15) is 5.82 Å². The van der Waals surface area contributed by atoms with E-state index >= 15 is 0 Å². The average Bonchev–Trinajstić information content (AvgIpc) is 2.99. The third kappa shape index (κ3) is 5.18. The number of nitrogens with one attached hydrogen (secondary N) is 1. The van der Waals surface area contributed by atoms with Crippen molar-refractivity contribution in [3.8, 4) is 0 Å². The van der Waals surface area contributed by atoms with Crippen LogP contribution < -0.4 is 11.1 Å². The topological polar surface area (TPSA) is 75.4 Å². The summed E-state index contributed by atoms with van der Waals surface area (Å²) in [5.41, 5.74) is 6.17. The van der Waals surface area contributed by atoms with Gasteiger partial charge in [0.2, 0.25) is 11.8 Å². The van der Waals surface area contributed by atoms with E-state index in [1.165, 1.54) is 17.0 Å². The highest BCUT2D eigenvalue weighted by molar-refractivity contribution is 5.90.